The maximum atomic E-state index is 10.7. The summed E-state index contributed by atoms with van der Waals surface area (Å²) in [6.07, 6.45) is 6.19. The van der Waals surface area contributed by atoms with Gasteiger partial charge in [0.15, 0.2) is 5.79 Å². The predicted octanol–water partition coefficient (Wildman–Crippen LogP) is 1.08. The normalized spacial score (nSPS) is 41.4. The molecule has 0 aliphatic heterocycles. The summed E-state index contributed by atoms with van der Waals surface area (Å²) in [5.41, 5.74) is 0. The SMILES string of the molecule is O=CC1CC2CCCCC2C(O)(O)C1. The van der Waals surface area contributed by atoms with Crippen molar-refractivity contribution in [1.82, 2.24) is 0 Å². The van der Waals surface area contributed by atoms with E-state index in [0.29, 0.717) is 5.92 Å². The third-order valence-electron chi connectivity index (χ3n) is 3.86. The second-order valence-electron chi connectivity index (χ2n) is 4.87. The zero-order valence-corrected chi connectivity index (χ0v) is 8.35. The van der Waals surface area contributed by atoms with Gasteiger partial charge in [-0.2, -0.15) is 0 Å². The molecule has 0 saturated heterocycles. The van der Waals surface area contributed by atoms with E-state index in [4.69, 9.17) is 0 Å². The van der Waals surface area contributed by atoms with Crippen LogP contribution in [0.2, 0.25) is 0 Å². The standard InChI is InChI=1S/C11H18O3/c12-7-8-5-9-3-1-2-4-10(9)11(13,14)6-8/h7-10,13-14H,1-6H2. The van der Waals surface area contributed by atoms with Crippen LogP contribution in [0.1, 0.15) is 38.5 Å². The molecule has 2 fully saturated rings. The molecule has 3 heteroatoms. The number of hydrogen-bond donors (Lipinski definition) is 2. The molecule has 3 unspecified atom stereocenters. The summed E-state index contributed by atoms with van der Waals surface area (Å²) in [7, 11) is 0. The Morgan fingerprint density at radius 2 is 1.93 bits per heavy atom. The van der Waals surface area contributed by atoms with E-state index in [2.05, 4.69) is 0 Å². The van der Waals surface area contributed by atoms with Gasteiger partial charge in [0, 0.05) is 18.3 Å². The maximum Gasteiger partial charge on any atom is 0.166 e. The number of fused-ring (bicyclic) bond motifs is 1. The van der Waals surface area contributed by atoms with Gasteiger partial charge in [0.05, 0.1) is 0 Å². The molecule has 3 atom stereocenters. The molecule has 0 amide bonds. The Balaban J connectivity index is 2.13. The number of hydrogen-bond acceptors (Lipinski definition) is 3. The van der Waals surface area contributed by atoms with Crippen LogP contribution in [-0.4, -0.2) is 22.3 Å². The van der Waals surface area contributed by atoms with E-state index in [1.165, 1.54) is 6.42 Å². The van der Waals surface area contributed by atoms with Crippen molar-refractivity contribution in [1.29, 1.82) is 0 Å². The molecule has 14 heavy (non-hydrogen) atoms. The van der Waals surface area contributed by atoms with Crippen molar-refractivity contribution in [2.24, 2.45) is 17.8 Å². The van der Waals surface area contributed by atoms with Gasteiger partial charge in [-0.25, -0.2) is 0 Å². The average molecular weight is 198 g/mol. The number of aldehydes is 1. The summed E-state index contributed by atoms with van der Waals surface area (Å²) in [6, 6.07) is 0. The summed E-state index contributed by atoms with van der Waals surface area (Å²) < 4.78 is 0. The van der Waals surface area contributed by atoms with Crippen LogP contribution in [0.4, 0.5) is 0 Å². The number of carbonyl (C=O) groups excluding carboxylic acids is 1. The molecule has 0 heterocycles. The molecule has 0 aromatic carbocycles. The van der Waals surface area contributed by atoms with Crippen molar-refractivity contribution >= 4 is 6.29 Å². The van der Waals surface area contributed by atoms with Crippen molar-refractivity contribution in [2.75, 3.05) is 0 Å². The van der Waals surface area contributed by atoms with Crippen molar-refractivity contribution in [3.63, 3.8) is 0 Å². The second-order valence-corrected chi connectivity index (χ2v) is 4.87. The first-order valence-electron chi connectivity index (χ1n) is 5.53. The monoisotopic (exact) mass is 198 g/mol. The molecule has 3 nitrogen and oxygen atoms in total. The van der Waals surface area contributed by atoms with E-state index < -0.39 is 5.79 Å². The Morgan fingerprint density at radius 3 is 2.64 bits per heavy atom. The Kier molecular flexibility index (Phi) is 2.62. The molecule has 2 aliphatic carbocycles. The molecule has 0 aromatic heterocycles. The molecular formula is C11H18O3. The molecule has 0 aromatic rings. The predicted molar refractivity (Wildman–Crippen MR) is 51.4 cm³/mol. The summed E-state index contributed by atoms with van der Waals surface area (Å²) in [5.74, 6) is -1.38. The minimum absolute atomic E-state index is 0.00690. The van der Waals surface area contributed by atoms with Crippen LogP contribution in [0, 0.1) is 17.8 Å². The van der Waals surface area contributed by atoms with Crippen molar-refractivity contribution in [2.45, 2.75) is 44.3 Å². The molecular weight excluding hydrogens is 180 g/mol. The molecule has 0 radical (unpaired) electrons. The largest absolute Gasteiger partial charge is 0.365 e. The number of rotatable bonds is 1. The van der Waals surface area contributed by atoms with E-state index >= 15 is 0 Å². The molecule has 80 valence electrons. The van der Waals surface area contributed by atoms with E-state index in [9.17, 15) is 15.0 Å². The third kappa shape index (κ3) is 1.71. The summed E-state index contributed by atoms with van der Waals surface area (Å²) in [4.78, 5) is 10.7. The zero-order valence-electron chi connectivity index (χ0n) is 8.35. The first kappa shape index (κ1) is 10.1. The Bertz CT molecular complexity index is 225. The van der Waals surface area contributed by atoms with Gasteiger partial charge in [0.25, 0.3) is 0 Å². The van der Waals surface area contributed by atoms with Crippen molar-refractivity contribution in [3.8, 4) is 0 Å². The Labute approximate surface area is 84.1 Å². The third-order valence-corrected chi connectivity index (χ3v) is 3.86. The Morgan fingerprint density at radius 1 is 1.21 bits per heavy atom. The molecule has 2 rings (SSSR count). The Hall–Kier alpha value is -0.410. The summed E-state index contributed by atoms with van der Waals surface area (Å²) in [5, 5.41) is 19.7. The van der Waals surface area contributed by atoms with Crippen LogP contribution in [0.25, 0.3) is 0 Å². The molecule has 0 spiro atoms. The van der Waals surface area contributed by atoms with Crippen molar-refractivity contribution < 1.29 is 15.0 Å². The first-order chi connectivity index (χ1) is 6.63. The fraction of sp³-hybridized carbons (Fsp3) is 0.909. The lowest BCUT2D eigenvalue weighted by Crippen LogP contribution is -2.49. The molecule has 2 N–H and O–H groups in total. The van der Waals surface area contributed by atoms with Crippen LogP contribution >= 0.6 is 0 Å². The van der Waals surface area contributed by atoms with Crippen LogP contribution in [0.15, 0.2) is 0 Å². The number of aliphatic hydroxyl groups is 2. The van der Waals surface area contributed by atoms with Gasteiger partial charge in [0.2, 0.25) is 0 Å². The van der Waals surface area contributed by atoms with Crippen LogP contribution < -0.4 is 0 Å². The zero-order chi connectivity index (χ0) is 10.2. The second kappa shape index (κ2) is 3.63. The fourth-order valence-electron chi connectivity index (χ4n) is 3.21. The highest BCUT2D eigenvalue weighted by atomic mass is 16.5. The van der Waals surface area contributed by atoms with Gasteiger partial charge < -0.3 is 15.0 Å². The average Bonchev–Trinajstić information content (AvgIpc) is 2.17. The quantitative estimate of drug-likeness (QED) is 0.489. The molecule has 0 bridgehead atoms. The van der Waals surface area contributed by atoms with E-state index in [-0.39, 0.29) is 18.3 Å². The van der Waals surface area contributed by atoms with Crippen LogP contribution in [-0.2, 0) is 4.79 Å². The molecule has 2 aliphatic rings. The number of carbonyl (C=O) groups is 1. The van der Waals surface area contributed by atoms with Crippen LogP contribution in [0.5, 0.6) is 0 Å². The van der Waals surface area contributed by atoms with Gasteiger partial charge >= 0.3 is 0 Å². The van der Waals surface area contributed by atoms with Gasteiger partial charge in [-0.1, -0.05) is 12.8 Å². The van der Waals surface area contributed by atoms with Gasteiger partial charge in [0.1, 0.15) is 6.29 Å². The van der Waals surface area contributed by atoms with Crippen molar-refractivity contribution in [3.05, 3.63) is 0 Å². The van der Waals surface area contributed by atoms with E-state index in [1.807, 2.05) is 0 Å². The van der Waals surface area contributed by atoms with E-state index in [0.717, 1.165) is 32.0 Å². The minimum Gasteiger partial charge on any atom is -0.365 e. The van der Waals surface area contributed by atoms with E-state index in [1.54, 1.807) is 0 Å². The summed E-state index contributed by atoms with van der Waals surface area (Å²) in [6.45, 7) is 0. The topological polar surface area (TPSA) is 57.5 Å². The van der Waals surface area contributed by atoms with Crippen LogP contribution in [0.3, 0.4) is 0 Å². The highest BCUT2D eigenvalue weighted by molar-refractivity contribution is 5.54. The lowest BCUT2D eigenvalue weighted by molar-refractivity contribution is -0.244. The first-order valence-corrected chi connectivity index (χ1v) is 5.53. The fourth-order valence-corrected chi connectivity index (χ4v) is 3.21. The maximum absolute atomic E-state index is 10.7. The van der Waals surface area contributed by atoms with Gasteiger partial charge in [-0.05, 0) is 25.2 Å². The van der Waals surface area contributed by atoms with Gasteiger partial charge in [-0.3, -0.25) is 0 Å². The highest BCUT2D eigenvalue weighted by Crippen LogP contribution is 2.46. The minimum atomic E-state index is -1.59. The summed E-state index contributed by atoms with van der Waals surface area (Å²) >= 11 is 0. The lowest BCUT2D eigenvalue weighted by Gasteiger charge is -2.45. The smallest absolute Gasteiger partial charge is 0.166 e. The highest BCUT2D eigenvalue weighted by Gasteiger charge is 2.46. The molecule has 2 saturated carbocycles. The lowest BCUT2D eigenvalue weighted by atomic mass is 9.64. The van der Waals surface area contributed by atoms with Gasteiger partial charge in [-0.15, -0.1) is 0 Å².